The molecule has 0 aromatic heterocycles. The lowest BCUT2D eigenvalue weighted by Crippen LogP contribution is -2.45. The number of hydrogen-bond donors (Lipinski definition) is 1. The summed E-state index contributed by atoms with van der Waals surface area (Å²) < 4.78 is 52.0. The van der Waals surface area contributed by atoms with Gasteiger partial charge in [0.25, 0.3) is 0 Å². The van der Waals surface area contributed by atoms with Crippen LogP contribution in [0.3, 0.4) is 0 Å². The molecule has 1 aromatic carbocycles. The topological polar surface area (TPSA) is 15.3 Å². The molecule has 0 radical (unpaired) electrons. The highest BCUT2D eigenvalue weighted by Gasteiger charge is 2.33. The van der Waals surface area contributed by atoms with Crippen molar-refractivity contribution in [3.05, 3.63) is 33.6 Å². The van der Waals surface area contributed by atoms with Crippen molar-refractivity contribution < 1.29 is 17.6 Å². The first-order valence-corrected chi connectivity index (χ1v) is 7.70. The smallest absolute Gasteiger partial charge is 0.314 e. The number of alkyl halides is 3. The van der Waals surface area contributed by atoms with Crippen molar-refractivity contribution in [2.45, 2.75) is 25.1 Å². The van der Waals surface area contributed by atoms with Gasteiger partial charge in [0.05, 0.1) is 10.0 Å². The zero-order chi connectivity index (χ0) is 16.3. The molecule has 9 heteroatoms. The highest BCUT2D eigenvalue weighted by atomic mass is 35.5. The fraction of sp³-hybridized carbons (Fsp3) is 0.571. The highest BCUT2D eigenvalue weighted by molar-refractivity contribution is 6.42. The molecule has 1 fully saturated rings. The number of halogens is 7. The largest absolute Gasteiger partial charge is 0.389 e. The van der Waals surface area contributed by atoms with Crippen LogP contribution in [0.1, 0.15) is 24.4 Å². The van der Waals surface area contributed by atoms with Crippen LogP contribution in [0.5, 0.6) is 0 Å². The molecule has 0 saturated carbocycles. The third-order valence-electron chi connectivity index (χ3n) is 3.71. The van der Waals surface area contributed by atoms with Crippen molar-refractivity contribution in [1.82, 2.24) is 10.2 Å². The normalized spacial score (nSPS) is 17.7. The van der Waals surface area contributed by atoms with Gasteiger partial charge in [0.2, 0.25) is 0 Å². The van der Waals surface area contributed by atoms with E-state index in [0.29, 0.717) is 26.2 Å². The van der Waals surface area contributed by atoms with E-state index in [2.05, 4.69) is 5.32 Å². The summed E-state index contributed by atoms with van der Waals surface area (Å²) in [5.74, 6) is -0.625. The Bertz CT molecular complexity index is 519. The van der Waals surface area contributed by atoms with E-state index in [1.54, 1.807) is 0 Å². The van der Waals surface area contributed by atoms with Crippen molar-refractivity contribution in [2.24, 2.45) is 0 Å². The molecule has 0 amide bonds. The van der Waals surface area contributed by atoms with E-state index in [4.69, 9.17) is 23.2 Å². The lowest BCUT2D eigenvalue weighted by molar-refractivity contribution is -0.138. The van der Waals surface area contributed by atoms with E-state index in [0.717, 1.165) is 6.07 Å². The lowest BCUT2D eigenvalue weighted by Gasteiger charge is -2.36. The summed E-state index contributed by atoms with van der Waals surface area (Å²) in [6, 6.07) is 1.71. The summed E-state index contributed by atoms with van der Waals surface area (Å²) in [5, 5.41) is 3.25. The number of benzene rings is 1. The monoisotopic (exact) mass is 394 g/mol. The van der Waals surface area contributed by atoms with Crippen molar-refractivity contribution in [1.29, 1.82) is 0 Å². The van der Waals surface area contributed by atoms with Crippen LogP contribution in [0, 0.1) is 5.82 Å². The summed E-state index contributed by atoms with van der Waals surface area (Å²) in [5.41, 5.74) is 0.0558. The molecule has 1 aliphatic heterocycles. The van der Waals surface area contributed by atoms with Gasteiger partial charge in [-0.05, 0) is 18.6 Å². The average Bonchev–Trinajstić information content (AvgIpc) is 2.46. The molecule has 23 heavy (non-hydrogen) atoms. The first-order chi connectivity index (χ1) is 10.3. The van der Waals surface area contributed by atoms with E-state index in [1.807, 2.05) is 4.90 Å². The van der Waals surface area contributed by atoms with Crippen LogP contribution < -0.4 is 5.32 Å². The standard InChI is InChI=1S/C14H16Cl2F4N2.ClH/c15-9-1-2-10(17)12(13(9)16)11(3-4-14(18,19)20)22-7-5-21-6-8-22;/h1-2,11,21H,3-8H2;1H/t11-;/m0./s1. The van der Waals surface area contributed by atoms with E-state index >= 15 is 0 Å². The fourth-order valence-electron chi connectivity index (χ4n) is 2.65. The van der Waals surface area contributed by atoms with Gasteiger partial charge in [-0.2, -0.15) is 13.2 Å². The Morgan fingerprint density at radius 3 is 2.35 bits per heavy atom. The van der Waals surface area contributed by atoms with Gasteiger partial charge in [0, 0.05) is 44.2 Å². The zero-order valence-electron chi connectivity index (χ0n) is 12.1. The molecule has 1 aliphatic rings. The third kappa shape index (κ3) is 5.64. The van der Waals surface area contributed by atoms with Gasteiger partial charge in [0.1, 0.15) is 5.82 Å². The van der Waals surface area contributed by atoms with Gasteiger partial charge in [-0.25, -0.2) is 4.39 Å². The number of piperazine rings is 1. The number of nitrogens with one attached hydrogen (secondary N) is 1. The van der Waals surface area contributed by atoms with Crippen LogP contribution in [0.15, 0.2) is 12.1 Å². The molecule has 0 bridgehead atoms. The minimum absolute atomic E-state index is 0. The van der Waals surface area contributed by atoms with Crippen LogP contribution in [0.2, 0.25) is 10.0 Å². The summed E-state index contributed by atoms with van der Waals surface area (Å²) in [4.78, 5) is 1.82. The summed E-state index contributed by atoms with van der Waals surface area (Å²) in [6.07, 6.45) is -5.54. The predicted molar refractivity (Wildman–Crippen MR) is 86.1 cm³/mol. The van der Waals surface area contributed by atoms with Gasteiger partial charge < -0.3 is 5.32 Å². The van der Waals surface area contributed by atoms with Gasteiger partial charge in [0.15, 0.2) is 0 Å². The zero-order valence-corrected chi connectivity index (χ0v) is 14.4. The molecule has 132 valence electrons. The van der Waals surface area contributed by atoms with Gasteiger partial charge >= 0.3 is 6.18 Å². The van der Waals surface area contributed by atoms with Crippen molar-refractivity contribution >= 4 is 35.6 Å². The maximum atomic E-state index is 14.2. The van der Waals surface area contributed by atoms with Crippen LogP contribution in [0.4, 0.5) is 17.6 Å². The molecule has 2 nitrogen and oxygen atoms in total. The summed E-state index contributed by atoms with van der Waals surface area (Å²) >= 11 is 12.0. The lowest BCUT2D eigenvalue weighted by atomic mass is 9.98. The van der Waals surface area contributed by atoms with Crippen LogP contribution in [-0.4, -0.2) is 37.3 Å². The Hall–Kier alpha value is -0.270. The van der Waals surface area contributed by atoms with E-state index in [1.165, 1.54) is 6.07 Å². The Balaban J connectivity index is 0.00000264. The second-order valence-electron chi connectivity index (χ2n) is 5.21. The minimum atomic E-state index is -4.30. The van der Waals surface area contributed by atoms with Crippen molar-refractivity contribution in [3.63, 3.8) is 0 Å². The van der Waals surface area contributed by atoms with Gasteiger partial charge in [-0.15, -0.1) is 12.4 Å². The van der Waals surface area contributed by atoms with Crippen molar-refractivity contribution in [3.8, 4) is 0 Å². The molecule has 1 saturated heterocycles. The van der Waals surface area contributed by atoms with Crippen LogP contribution in [-0.2, 0) is 0 Å². The average molecular weight is 396 g/mol. The number of rotatable bonds is 4. The van der Waals surface area contributed by atoms with Crippen LogP contribution >= 0.6 is 35.6 Å². The molecule has 0 unspecified atom stereocenters. The molecular formula is C14H17Cl3F4N2. The first kappa shape index (κ1) is 20.8. The quantitative estimate of drug-likeness (QED) is 0.579. The SMILES string of the molecule is Cl.Fc1ccc(Cl)c(Cl)c1[C@H](CCC(F)(F)F)N1CCNCC1. The highest BCUT2D eigenvalue weighted by Crippen LogP contribution is 2.39. The fourth-order valence-corrected chi connectivity index (χ4v) is 3.10. The van der Waals surface area contributed by atoms with Gasteiger partial charge in [-0.1, -0.05) is 23.2 Å². The van der Waals surface area contributed by atoms with E-state index < -0.39 is 24.5 Å². The third-order valence-corrected chi connectivity index (χ3v) is 4.53. The Kier molecular flexibility index (Phi) is 7.87. The maximum absolute atomic E-state index is 14.2. The molecular weight excluding hydrogens is 379 g/mol. The molecule has 0 spiro atoms. The predicted octanol–water partition coefficient (Wildman–Crippen LogP) is 4.84. The number of nitrogens with zero attached hydrogens (tertiary/aromatic N) is 1. The van der Waals surface area contributed by atoms with Crippen LogP contribution in [0.25, 0.3) is 0 Å². The van der Waals surface area contributed by atoms with E-state index in [9.17, 15) is 17.6 Å². The maximum Gasteiger partial charge on any atom is 0.389 e. The first-order valence-electron chi connectivity index (χ1n) is 6.94. The summed E-state index contributed by atoms with van der Waals surface area (Å²) in [6.45, 7) is 2.35. The molecule has 1 atom stereocenters. The second-order valence-corrected chi connectivity index (χ2v) is 6.00. The molecule has 1 N–H and O–H groups in total. The van der Waals surface area contributed by atoms with E-state index in [-0.39, 0.29) is 34.4 Å². The molecule has 1 heterocycles. The van der Waals surface area contributed by atoms with Gasteiger partial charge in [-0.3, -0.25) is 4.90 Å². The Morgan fingerprint density at radius 2 is 1.78 bits per heavy atom. The minimum Gasteiger partial charge on any atom is -0.314 e. The Labute approximate surface area is 148 Å². The summed E-state index contributed by atoms with van der Waals surface area (Å²) in [7, 11) is 0. The second kappa shape index (κ2) is 8.72. The Morgan fingerprint density at radius 1 is 1.17 bits per heavy atom. The molecule has 0 aliphatic carbocycles. The number of hydrogen-bond acceptors (Lipinski definition) is 2. The van der Waals surface area contributed by atoms with Crippen molar-refractivity contribution in [2.75, 3.05) is 26.2 Å². The molecule has 2 rings (SSSR count). The molecule has 1 aromatic rings.